The van der Waals surface area contributed by atoms with Gasteiger partial charge in [0.15, 0.2) is 11.5 Å². The molecule has 0 amide bonds. The minimum atomic E-state index is 0.218. The number of hydrogen-bond acceptors (Lipinski definition) is 6. The molecule has 2 heterocycles. The second-order valence-electron chi connectivity index (χ2n) is 3.96. The van der Waals surface area contributed by atoms with Crippen molar-refractivity contribution in [3.63, 3.8) is 0 Å². The molecule has 0 radical (unpaired) electrons. The molecule has 19 heavy (non-hydrogen) atoms. The van der Waals surface area contributed by atoms with Gasteiger partial charge in [-0.15, -0.1) is 10.2 Å². The molecule has 3 aromatic rings. The topological polar surface area (TPSA) is 118 Å². The fourth-order valence-corrected chi connectivity index (χ4v) is 1.69. The molecule has 7 nitrogen and oxygen atoms in total. The van der Waals surface area contributed by atoms with Crippen molar-refractivity contribution in [2.75, 3.05) is 11.5 Å². The van der Waals surface area contributed by atoms with Crippen LogP contribution >= 0.6 is 0 Å². The minimum Gasteiger partial charge on any atom is -0.382 e. The molecule has 0 saturated carbocycles. The molecular weight excluding hydrogens is 242 g/mol. The SMILES string of the molecule is Nc1n[nH]c(N)c1N=Nc1cnc2ccccc2c1. The molecule has 0 unspecified atom stereocenters. The second-order valence-corrected chi connectivity index (χ2v) is 3.96. The van der Waals surface area contributed by atoms with Crippen molar-refractivity contribution in [2.45, 2.75) is 0 Å². The second kappa shape index (κ2) is 4.37. The van der Waals surface area contributed by atoms with E-state index in [1.807, 2.05) is 30.3 Å². The average molecular weight is 253 g/mol. The van der Waals surface area contributed by atoms with Gasteiger partial charge in [0.25, 0.3) is 0 Å². The van der Waals surface area contributed by atoms with Crippen molar-refractivity contribution in [1.82, 2.24) is 15.2 Å². The molecule has 0 atom stereocenters. The third-order valence-corrected chi connectivity index (χ3v) is 2.64. The summed E-state index contributed by atoms with van der Waals surface area (Å²) in [7, 11) is 0. The molecule has 1 aromatic carbocycles. The number of hydrogen-bond donors (Lipinski definition) is 3. The van der Waals surface area contributed by atoms with E-state index < -0.39 is 0 Å². The summed E-state index contributed by atoms with van der Waals surface area (Å²) >= 11 is 0. The zero-order chi connectivity index (χ0) is 13.2. The van der Waals surface area contributed by atoms with Crippen LogP contribution in [0, 0.1) is 0 Å². The lowest BCUT2D eigenvalue weighted by molar-refractivity contribution is 1.11. The number of rotatable bonds is 2. The molecule has 5 N–H and O–H groups in total. The summed E-state index contributed by atoms with van der Waals surface area (Å²) in [5.74, 6) is 0.505. The largest absolute Gasteiger partial charge is 0.382 e. The van der Waals surface area contributed by atoms with Crippen LogP contribution < -0.4 is 11.5 Å². The van der Waals surface area contributed by atoms with Gasteiger partial charge in [-0.1, -0.05) is 18.2 Å². The quantitative estimate of drug-likeness (QED) is 0.608. The van der Waals surface area contributed by atoms with Crippen molar-refractivity contribution in [3.8, 4) is 0 Å². The highest BCUT2D eigenvalue weighted by Crippen LogP contribution is 2.28. The lowest BCUT2D eigenvalue weighted by atomic mass is 10.2. The highest BCUT2D eigenvalue weighted by atomic mass is 15.2. The number of pyridine rings is 1. The Hall–Kier alpha value is -2.96. The van der Waals surface area contributed by atoms with E-state index >= 15 is 0 Å². The number of anilines is 2. The Morgan fingerprint density at radius 2 is 1.95 bits per heavy atom. The molecule has 0 bridgehead atoms. The number of nitrogens with two attached hydrogens (primary N) is 2. The summed E-state index contributed by atoms with van der Waals surface area (Å²) < 4.78 is 0. The van der Waals surface area contributed by atoms with E-state index in [2.05, 4.69) is 25.4 Å². The zero-order valence-electron chi connectivity index (χ0n) is 9.91. The molecule has 0 aliphatic carbocycles. The Kier molecular flexibility index (Phi) is 2.57. The number of nitrogens with zero attached hydrogens (tertiary/aromatic N) is 4. The summed E-state index contributed by atoms with van der Waals surface area (Å²) in [5, 5.41) is 15.3. The van der Waals surface area contributed by atoms with Crippen molar-refractivity contribution < 1.29 is 0 Å². The van der Waals surface area contributed by atoms with Gasteiger partial charge in [0, 0.05) is 5.39 Å². The highest BCUT2D eigenvalue weighted by Gasteiger charge is 2.06. The van der Waals surface area contributed by atoms with E-state index in [9.17, 15) is 0 Å². The minimum absolute atomic E-state index is 0.218. The molecular formula is C12H11N7. The predicted molar refractivity (Wildman–Crippen MR) is 73.3 cm³/mol. The van der Waals surface area contributed by atoms with Gasteiger partial charge in [-0.25, -0.2) is 0 Å². The average Bonchev–Trinajstić information content (AvgIpc) is 2.76. The highest BCUT2D eigenvalue weighted by molar-refractivity contribution is 5.80. The Morgan fingerprint density at radius 1 is 1.11 bits per heavy atom. The number of nitrogen functional groups attached to an aromatic ring is 2. The smallest absolute Gasteiger partial charge is 0.175 e. The molecule has 0 spiro atoms. The van der Waals surface area contributed by atoms with Crippen LogP contribution in [0.2, 0.25) is 0 Å². The Bertz CT molecular complexity index is 740. The molecule has 2 aromatic heterocycles. The van der Waals surface area contributed by atoms with Gasteiger partial charge in [-0.3, -0.25) is 10.1 Å². The number of H-pyrrole nitrogens is 1. The molecule has 0 aliphatic heterocycles. The van der Waals surface area contributed by atoms with Crippen LogP contribution in [0.4, 0.5) is 23.0 Å². The van der Waals surface area contributed by atoms with E-state index in [1.165, 1.54) is 0 Å². The molecule has 0 saturated heterocycles. The number of para-hydroxylation sites is 1. The fraction of sp³-hybridized carbons (Fsp3) is 0. The van der Waals surface area contributed by atoms with Crippen LogP contribution in [0.5, 0.6) is 0 Å². The summed E-state index contributed by atoms with van der Waals surface area (Å²) in [6, 6.07) is 9.66. The summed E-state index contributed by atoms with van der Waals surface area (Å²) in [4.78, 5) is 4.29. The first kappa shape index (κ1) is 11.1. The van der Waals surface area contributed by atoms with E-state index in [4.69, 9.17) is 11.5 Å². The first-order valence-electron chi connectivity index (χ1n) is 5.60. The van der Waals surface area contributed by atoms with Gasteiger partial charge in [-0.05, 0) is 12.1 Å². The molecule has 3 rings (SSSR count). The monoisotopic (exact) mass is 253 g/mol. The lowest BCUT2D eigenvalue weighted by Crippen LogP contribution is -1.84. The van der Waals surface area contributed by atoms with Crippen LogP contribution in [0.1, 0.15) is 0 Å². The van der Waals surface area contributed by atoms with Gasteiger partial charge < -0.3 is 11.5 Å². The maximum atomic E-state index is 5.63. The van der Waals surface area contributed by atoms with Crippen LogP contribution in [0.3, 0.4) is 0 Å². The van der Waals surface area contributed by atoms with Crippen molar-refractivity contribution in [3.05, 3.63) is 36.5 Å². The number of azo groups is 1. The summed E-state index contributed by atoms with van der Waals surface area (Å²) in [5.41, 5.74) is 13.1. The molecule has 94 valence electrons. The van der Waals surface area contributed by atoms with E-state index in [-0.39, 0.29) is 11.6 Å². The third kappa shape index (κ3) is 2.08. The van der Waals surface area contributed by atoms with Gasteiger partial charge >= 0.3 is 0 Å². The standard InChI is InChI=1S/C12H11N7/c13-11-10(12(14)19-18-11)17-16-8-5-7-3-1-2-4-9(7)15-6-8/h1-6H,(H5,13,14,18,19). The maximum absolute atomic E-state index is 5.63. The Morgan fingerprint density at radius 3 is 2.74 bits per heavy atom. The number of aromatic amines is 1. The lowest BCUT2D eigenvalue weighted by Gasteiger charge is -1.97. The van der Waals surface area contributed by atoms with Crippen LogP contribution in [-0.2, 0) is 0 Å². The number of nitrogens with one attached hydrogen (secondary N) is 1. The number of aromatic nitrogens is 3. The maximum Gasteiger partial charge on any atom is 0.175 e. The zero-order valence-corrected chi connectivity index (χ0v) is 9.91. The number of benzene rings is 1. The Balaban J connectivity index is 1.97. The molecule has 0 fully saturated rings. The van der Waals surface area contributed by atoms with Crippen LogP contribution in [0.25, 0.3) is 10.9 Å². The van der Waals surface area contributed by atoms with Gasteiger partial charge in [0.05, 0.1) is 11.7 Å². The first-order chi connectivity index (χ1) is 9.24. The summed E-state index contributed by atoms with van der Waals surface area (Å²) in [6.07, 6.45) is 1.64. The van der Waals surface area contributed by atoms with Crippen molar-refractivity contribution in [1.29, 1.82) is 0 Å². The van der Waals surface area contributed by atoms with Gasteiger partial charge in [0.1, 0.15) is 11.5 Å². The number of fused-ring (bicyclic) bond motifs is 1. The first-order valence-corrected chi connectivity index (χ1v) is 5.60. The van der Waals surface area contributed by atoms with Gasteiger partial charge in [0.2, 0.25) is 0 Å². The third-order valence-electron chi connectivity index (χ3n) is 2.64. The van der Waals surface area contributed by atoms with E-state index in [1.54, 1.807) is 6.20 Å². The van der Waals surface area contributed by atoms with Crippen molar-refractivity contribution >= 4 is 33.9 Å². The van der Waals surface area contributed by atoms with E-state index in [0.29, 0.717) is 11.4 Å². The van der Waals surface area contributed by atoms with E-state index in [0.717, 1.165) is 10.9 Å². The molecule has 0 aliphatic rings. The fourth-order valence-electron chi connectivity index (χ4n) is 1.69. The van der Waals surface area contributed by atoms with Crippen LogP contribution in [0.15, 0.2) is 46.8 Å². The van der Waals surface area contributed by atoms with Crippen molar-refractivity contribution in [2.24, 2.45) is 10.2 Å². The normalized spacial score (nSPS) is 11.4. The van der Waals surface area contributed by atoms with Crippen LogP contribution in [-0.4, -0.2) is 15.2 Å². The summed E-state index contributed by atoms with van der Waals surface area (Å²) in [6.45, 7) is 0. The Labute approximate surface area is 108 Å². The predicted octanol–water partition coefficient (Wildman–Crippen LogP) is 2.54. The van der Waals surface area contributed by atoms with Gasteiger partial charge in [-0.2, -0.15) is 5.10 Å². The molecule has 7 heteroatoms.